The number of anilines is 1. The van der Waals surface area contributed by atoms with E-state index in [9.17, 15) is 5.11 Å². The number of nitrogens with zero attached hydrogens (tertiary/aromatic N) is 1. The molecular weight excluding hydrogens is 240 g/mol. The molecule has 2 unspecified atom stereocenters. The molecule has 2 N–H and O–H groups in total. The predicted octanol–water partition coefficient (Wildman–Crippen LogP) is 1.55. The molecule has 2 atom stereocenters. The molecule has 1 heterocycles. The van der Waals surface area contributed by atoms with Gasteiger partial charge in [0, 0.05) is 24.8 Å². The smallest absolute Gasteiger partial charge is 0.0980 e. The minimum atomic E-state index is -0.0610. The van der Waals surface area contributed by atoms with E-state index in [1.165, 1.54) is 11.3 Å². The first-order valence-corrected chi connectivity index (χ1v) is 7.05. The standard InChI is InChI=1S/C15H24N2O2/c1-3-16-12(2)13-4-6-14(7-5-13)17-8-9-19-15(10-17)11-18/h4-7,12,15-16,18H,3,8-11H2,1-2H3. The van der Waals surface area contributed by atoms with Crippen LogP contribution in [0.3, 0.4) is 0 Å². The fraction of sp³-hybridized carbons (Fsp3) is 0.600. The van der Waals surface area contributed by atoms with Crippen molar-refractivity contribution in [2.45, 2.75) is 26.0 Å². The van der Waals surface area contributed by atoms with Crippen molar-refractivity contribution in [3.05, 3.63) is 29.8 Å². The Kier molecular flexibility index (Phi) is 5.19. The average molecular weight is 264 g/mol. The second-order valence-electron chi connectivity index (χ2n) is 4.99. The van der Waals surface area contributed by atoms with Crippen LogP contribution in [0.1, 0.15) is 25.5 Å². The molecule has 19 heavy (non-hydrogen) atoms. The minimum absolute atomic E-state index is 0.0610. The van der Waals surface area contributed by atoms with E-state index in [1.807, 2.05) is 0 Å². The molecule has 0 amide bonds. The van der Waals surface area contributed by atoms with Crippen molar-refractivity contribution in [3.8, 4) is 0 Å². The Morgan fingerprint density at radius 2 is 2.16 bits per heavy atom. The van der Waals surface area contributed by atoms with E-state index in [-0.39, 0.29) is 12.7 Å². The van der Waals surface area contributed by atoms with Crippen molar-refractivity contribution in [1.29, 1.82) is 0 Å². The van der Waals surface area contributed by atoms with Crippen LogP contribution in [0.4, 0.5) is 5.69 Å². The third-order valence-corrected chi connectivity index (χ3v) is 3.61. The number of nitrogens with one attached hydrogen (secondary N) is 1. The molecule has 1 aliphatic rings. The van der Waals surface area contributed by atoms with Gasteiger partial charge >= 0.3 is 0 Å². The summed E-state index contributed by atoms with van der Waals surface area (Å²) in [4.78, 5) is 2.27. The van der Waals surface area contributed by atoms with E-state index in [0.717, 1.165) is 19.6 Å². The third kappa shape index (κ3) is 3.69. The topological polar surface area (TPSA) is 44.7 Å². The molecule has 1 saturated heterocycles. The third-order valence-electron chi connectivity index (χ3n) is 3.61. The summed E-state index contributed by atoms with van der Waals surface area (Å²) in [6, 6.07) is 9.04. The number of aliphatic hydroxyl groups excluding tert-OH is 1. The van der Waals surface area contributed by atoms with Gasteiger partial charge in [0.05, 0.1) is 19.3 Å². The highest BCUT2D eigenvalue weighted by atomic mass is 16.5. The zero-order chi connectivity index (χ0) is 13.7. The number of morpholine rings is 1. The maximum Gasteiger partial charge on any atom is 0.0980 e. The van der Waals surface area contributed by atoms with Crippen LogP contribution >= 0.6 is 0 Å². The van der Waals surface area contributed by atoms with Gasteiger partial charge in [-0.05, 0) is 31.2 Å². The van der Waals surface area contributed by atoms with Crippen LogP contribution in [0, 0.1) is 0 Å². The van der Waals surface area contributed by atoms with Crippen molar-refractivity contribution in [2.24, 2.45) is 0 Å². The summed E-state index contributed by atoms with van der Waals surface area (Å²) in [7, 11) is 0. The molecule has 0 bridgehead atoms. The number of hydrogen-bond acceptors (Lipinski definition) is 4. The van der Waals surface area contributed by atoms with Gasteiger partial charge in [0.1, 0.15) is 0 Å². The van der Waals surface area contributed by atoms with E-state index in [4.69, 9.17) is 4.74 Å². The van der Waals surface area contributed by atoms with Crippen LogP contribution in [-0.4, -0.2) is 44.1 Å². The molecule has 4 nitrogen and oxygen atoms in total. The zero-order valence-electron chi connectivity index (χ0n) is 11.8. The van der Waals surface area contributed by atoms with Gasteiger partial charge in [0.15, 0.2) is 0 Å². The molecule has 0 aliphatic carbocycles. The summed E-state index contributed by atoms with van der Waals surface area (Å²) in [5.41, 5.74) is 2.51. The molecule has 0 saturated carbocycles. The molecule has 2 rings (SSSR count). The van der Waals surface area contributed by atoms with Gasteiger partial charge in [-0.1, -0.05) is 19.1 Å². The zero-order valence-corrected chi connectivity index (χ0v) is 11.8. The maximum absolute atomic E-state index is 9.17. The fourth-order valence-electron chi connectivity index (χ4n) is 2.46. The van der Waals surface area contributed by atoms with E-state index >= 15 is 0 Å². The Morgan fingerprint density at radius 3 is 2.79 bits per heavy atom. The minimum Gasteiger partial charge on any atom is -0.394 e. The summed E-state index contributed by atoms with van der Waals surface area (Å²) in [6.07, 6.45) is -0.0610. The largest absolute Gasteiger partial charge is 0.394 e. The maximum atomic E-state index is 9.17. The molecule has 1 aliphatic heterocycles. The molecule has 0 spiro atoms. The van der Waals surface area contributed by atoms with Gasteiger partial charge in [-0.3, -0.25) is 0 Å². The Hall–Kier alpha value is -1.10. The lowest BCUT2D eigenvalue weighted by atomic mass is 10.1. The number of aliphatic hydroxyl groups is 1. The van der Waals surface area contributed by atoms with Gasteiger partial charge in [0.2, 0.25) is 0 Å². The quantitative estimate of drug-likeness (QED) is 0.847. The lowest BCUT2D eigenvalue weighted by Gasteiger charge is -2.33. The van der Waals surface area contributed by atoms with Crippen LogP contribution in [-0.2, 0) is 4.74 Å². The summed E-state index contributed by atoms with van der Waals surface area (Å²) in [6.45, 7) is 7.69. The lowest BCUT2D eigenvalue weighted by Crippen LogP contribution is -2.44. The Balaban J connectivity index is 2.01. The first kappa shape index (κ1) is 14.3. The number of benzene rings is 1. The van der Waals surface area contributed by atoms with Gasteiger partial charge < -0.3 is 20.1 Å². The number of hydrogen-bond donors (Lipinski definition) is 2. The van der Waals surface area contributed by atoms with Crippen molar-refractivity contribution < 1.29 is 9.84 Å². The molecule has 1 aromatic rings. The molecule has 4 heteroatoms. The van der Waals surface area contributed by atoms with E-state index in [2.05, 4.69) is 48.3 Å². The fourth-order valence-corrected chi connectivity index (χ4v) is 2.46. The van der Waals surface area contributed by atoms with Gasteiger partial charge in [0.25, 0.3) is 0 Å². The molecule has 1 fully saturated rings. The van der Waals surface area contributed by atoms with Gasteiger partial charge in [-0.15, -0.1) is 0 Å². The first-order valence-electron chi connectivity index (χ1n) is 7.05. The number of ether oxygens (including phenoxy) is 1. The SMILES string of the molecule is CCNC(C)c1ccc(N2CCOC(CO)C2)cc1. The highest BCUT2D eigenvalue weighted by Crippen LogP contribution is 2.21. The van der Waals surface area contributed by atoms with Crippen LogP contribution in [0.2, 0.25) is 0 Å². The lowest BCUT2D eigenvalue weighted by molar-refractivity contribution is 0.00357. The van der Waals surface area contributed by atoms with Crippen LogP contribution < -0.4 is 10.2 Å². The first-order chi connectivity index (χ1) is 9.24. The second-order valence-corrected chi connectivity index (χ2v) is 4.99. The van der Waals surface area contributed by atoms with E-state index in [0.29, 0.717) is 12.6 Å². The van der Waals surface area contributed by atoms with Gasteiger partial charge in [-0.2, -0.15) is 0 Å². The molecule has 0 radical (unpaired) electrons. The average Bonchev–Trinajstić information content (AvgIpc) is 2.48. The summed E-state index contributed by atoms with van der Waals surface area (Å²) >= 11 is 0. The van der Waals surface area contributed by atoms with Crippen molar-refractivity contribution >= 4 is 5.69 Å². The second kappa shape index (κ2) is 6.89. The van der Waals surface area contributed by atoms with Crippen molar-refractivity contribution in [3.63, 3.8) is 0 Å². The highest BCUT2D eigenvalue weighted by molar-refractivity contribution is 5.48. The van der Waals surface area contributed by atoms with E-state index in [1.54, 1.807) is 0 Å². The highest BCUT2D eigenvalue weighted by Gasteiger charge is 2.19. The monoisotopic (exact) mass is 264 g/mol. The van der Waals surface area contributed by atoms with E-state index < -0.39 is 0 Å². The van der Waals surface area contributed by atoms with Crippen LogP contribution in [0.25, 0.3) is 0 Å². The summed E-state index contributed by atoms with van der Waals surface area (Å²) < 4.78 is 5.47. The molecule has 1 aromatic carbocycles. The van der Waals surface area contributed by atoms with Gasteiger partial charge in [-0.25, -0.2) is 0 Å². The van der Waals surface area contributed by atoms with Crippen molar-refractivity contribution in [1.82, 2.24) is 5.32 Å². The normalized spacial score (nSPS) is 21.4. The Labute approximate surface area is 115 Å². The molecular formula is C15H24N2O2. The Morgan fingerprint density at radius 1 is 1.42 bits per heavy atom. The Bertz CT molecular complexity index is 380. The number of rotatable bonds is 5. The summed E-state index contributed by atoms with van der Waals surface area (Å²) in [5, 5.41) is 12.6. The van der Waals surface area contributed by atoms with Crippen LogP contribution in [0.15, 0.2) is 24.3 Å². The van der Waals surface area contributed by atoms with Crippen molar-refractivity contribution in [2.75, 3.05) is 37.7 Å². The predicted molar refractivity (Wildman–Crippen MR) is 77.6 cm³/mol. The molecule has 106 valence electrons. The molecule has 0 aromatic heterocycles. The van der Waals surface area contributed by atoms with Crippen LogP contribution in [0.5, 0.6) is 0 Å². The summed E-state index contributed by atoms with van der Waals surface area (Å²) in [5.74, 6) is 0.